The number of ether oxygens (including phenoxy) is 1. The van der Waals surface area contributed by atoms with E-state index in [0.717, 1.165) is 5.56 Å². The molecule has 1 amide bonds. The maximum absolute atomic E-state index is 12.3. The number of nitrogens with one attached hydrogen (secondary N) is 2. The van der Waals surface area contributed by atoms with Gasteiger partial charge in [0.2, 0.25) is 15.9 Å². The number of sulfonamides is 1. The molecule has 2 aromatic rings. The summed E-state index contributed by atoms with van der Waals surface area (Å²) in [5.41, 5.74) is 1.51. The molecule has 0 aromatic heterocycles. The summed E-state index contributed by atoms with van der Waals surface area (Å²) in [7, 11) is -3.81. The normalized spacial score (nSPS) is 12.6. The van der Waals surface area contributed by atoms with Crippen LogP contribution in [0, 0.1) is 5.92 Å². The molecule has 6 nitrogen and oxygen atoms in total. The number of benzene rings is 2. The van der Waals surface area contributed by atoms with Crippen LogP contribution in [-0.2, 0) is 14.8 Å². The van der Waals surface area contributed by atoms with E-state index in [4.69, 9.17) is 4.74 Å². The Balaban J connectivity index is 1.91. The summed E-state index contributed by atoms with van der Waals surface area (Å²) in [5, 5.41) is 2.76. The quantitative estimate of drug-likeness (QED) is 0.615. The van der Waals surface area contributed by atoms with Gasteiger partial charge in [-0.2, -0.15) is 0 Å². The molecule has 0 aliphatic carbocycles. The number of rotatable bonds is 10. The van der Waals surface area contributed by atoms with E-state index in [0.29, 0.717) is 23.9 Å². The predicted molar refractivity (Wildman–Crippen MR) is 117 cm³/mol. The second kappa shape index (κ2) is 10.3. The summed E-state index contributed by atoms with van der Waals surface area (Å²) in [6, 6.07) is 16.5. The van der Waals surface area contributed by atoms with Crippen LogP contribution in [0.1, 0.15) is 39.2 Å². The van der Waals surface area contributed by atoms with Crippen molar-refractivity contribution in [2.75, 3.05) is 17.0 Å². The molecule has 29 heavy (non-hydrogen) atoms. The molecule has 0 aliphatic rings. The first-order chi connectivity index (χ1) is 13.7. The number of hydrogen-bond acceptors (Lipinski definition) is 4. The van der Waals surface area contributed by atoms with Crippen molar-refractivity contribution in [3.05, 3.63) is 60.2 Å². The molecule has 0 saturated carbocycles. The third-order valence-corrected chi connectivity index (χ3v) is 5.56. The molecule has 0 fully saturated rings. The van der Waals surface area contributed by atoms with Crippen LogP contribution in [0.2, 0.25) is 0 Å². The summed E-state index contributed by atoms with van der Waals surface area (Å²) in [4.78, 5) is 12.2. The average molecular weight is 419 g/mol. The minimum atomic E-state index is -3.81. The number of hydrogen-bond donors (Lipinski definition) is 2. The van der Waals surface area contributed by atoms with E-state index in [1.807, 2.05) is 44.2 Å². The fourth-order valence-corrected chi connectivity index (χ4v) is 3.99. The first-order valence-corrected chi connectivity index (χ1v) is 11.4. The first kappa shape index (κ1) is 22.7. The van der Waals surface area contributed by atoms with E-state index >= 15 is 0 Å². The third-order valence-electron chi connectivity index (χ3n) is 4.37. The minimum absolute atomic E-state index is 0.0341. The molecule has 7 heteroatoms. The molecule has 2 N–H and O–H groups in total. The van der Waals surface area contributed by atoms with Crippen molar-refractivity contribution >= 4 is 21.6 Å². The topological polar surface area (TPSA) is 84.5 Å². The Hall–Kier alpha value is -2.54. The summed E-state index contributed by atoms with van der Waals surface area (Å²) < 4.78 is 32.6. The van der Waals surface area contributed by atoms with Crippen LogP contribution in [-0.4, -0.2) is 32.7 Å². The lowest BCUT2D eigenvalue weighted by Gasteiger charge is -2.22. The van der Waals surface area contributed by atoms with Crippen molar-refractivity contribution in [3.8, 4) is 5.75 Å². The Bertz CT molecular complexity index is 879. The average Bonchev–Trinajstić information content (AvgIpc) is 2.63. The third kappa shape index (κ3) is 7.77. The van der Waals surface area contributed by atoms with Crippen molar-refractivity contribution in [2.45, 2.75) is 39.7 Å². The molecule has 1 atom stereocenters. The Morgan fingerprint density at radius 3 is 2.14 bits per heavy atom. The number of amides is 1. The van der Waals surface area contributed by atoms with Crippen molar-refractivity contribution < 1.29 is 17.9 Å². The molecule has 2 aromatic carbocycles. The lowest BCUT2D eigenvalue weighted by atomic mass is 9.88. The van der Waals surface area contributed by atoms with Crippen molar-refractivity contribution in [1.82, 2.24) is 5.32 Å². The summed E-state index contributed by atoms with van der Waals surface area (Å²) in [6.45, 7) is 8.37. The smallest absolute Gasteiger partial charge is 0.241 e. The van der Waals surface area contributed by atoms with Crippen LogP contribution in [0.25, 0.3) is 0 Å². The second-order valence-corrected chi connectivity index (χ2v) is 9.34. The van der Waals surface area contributed by atoms with Crippen LogP contribution in [0.4, 0.5) is 5.69 Å². The highest BCUT2D eigenvalue weighted by molar-refractivity contribution is 7.93. The van der Waals surface area contributed by atoms with Crippen LogP contribution in [0.5, 0.6) is 5.75 Å². The van der Waals surface area contributed by atoms with Crippen LogP contribution >= 0.6 is 0 Å². The number of anilines is 1. The van der Waals surface area contributed by atoms with E-state index in [-0.39, 0.29) is 12.0 Å². The van der Waals surface area contributed by atoms with E-state index in [9.17, 15) is 13.2 Å². The van der Waals surface area contributed by atoms with Crippen LogP contribution in [0.3, 0.4) is 0 Å². The van der Waals surface area contributed by atoms with Gasteiger partial charge in [0, 0.05) is 18.2 Å². The van der Waals surface area contributed by atoms with Gasteiger partial charge in [0.1, 0.15) is 11.5 Å². The van der Waals surface area contributed by atoms with Gasteiger partial charge >= 0.3 is 0 Å². The Labute approximate surface area is 173 Å². The molecule has 0 heterocycles. The molecule has 0 radical (unpaired) electrons. The minimum Gasteiger partial charge on any atom is -0.491 e. The molecule has 158 valence electrons. The van der Waals surface area contributed by atoms with Crippen LogP contribution in [0.15, 0.2) is 54.6 Å². The van der Waals surface area contributed by atoms with Gasteiger partial charge in [-0.15, -0.1) is 0 Å². The van der Waals surface area contributed by atoms with Gasteiger partial charge in [-0.3, -0.25) is 9.52 Å². The Morgan fingerprint density at radius 1 is 0.966 bits per heavy atom. The molecule has 1 unspecified atom stereocenters. The van der Waals surface area contributed by atoms with Gasteiger partial charge in [0.05, 0.1) is 6.10 Å². The fraction of sp³-hybridized carbons (Fsp3) is 0.409. The highest BCUT2D eigenvalue weighted by Crippen LogP contribution is 2.23. The Kier molecular flexibility index (Phi) is 8.08. The van der Waals surface area contributed by atoms with Gasteiger partial charge in [-0.05, 0) is 49.6 Å². The molecular weight excluding hydrogens is 388 g/mol. The van der Waals surface area contributed by atoms with Crippen molar-refractivity contribution in [1.29, 1.82) is 0 Å². The van der Waals surface area contributed by atoms with Gasteiger partial charge in [-0.1, -0.05) is 44.2 Å². The van der Waals surface area contributed by atoms with Crippen molar-refractivity contribution in [3.63, 3.8) is 0 Å². The number of carbonyl (C=O) groups is 1. The molecule has 0 bridgehead atoms. The predicted octanol–water partition coefficient (Wildman–Crippen LogP) is 3.77. The summed E-state index contributed by atoms with van der Waals surface area (Å²) in [6.07, 6.45) is 0.0341. The fourth-order valence-electron chi connectivity index (χ4n) is 2.98. The summed E-state index contributed by atoms with van der Waals surface area (Å²) >= 11 is 0. The SMILES string of the molecule is CC(C)Oc1ccc(NS(=O)(=O)CC(=O)NCC(c2ccccc2)C(C)C)cc1. The monoisotopic (exact) mass is 418 g/mol. The lowest BCUT2D eigenvalue weighted by molar-refractivity contribution is -0.118. The zero-order chi connectivity index (χ0) is 21.4. The van der Waals surface area contributed by atoms with E-state index in [1.165, 1.54) is 0 Å². The zero-order valence-electron chi connectivity index (χ0n) is 17.4. The summed E-state index contributed by atoms with van der Waals surface area (Å²) in [5.74, 6) is -0.0832. The molecule has 0 aliphatic heterocycles. The van der Waals surface area contributed by atoms with E-state index in [2.05, 4.69) is 23.9 Å². The maximum Gasteiger partial charge on any atom is 0.241 e. The largest absolute Gasteiger partial charge is 0.491 e. The molecule has 2 rings (SSSR count). The highest BCUT2D eigenvalue weighted by atomic mass is 32.2. The zero-order valence-corrected chi connectivity index (χ0v) is 18.2. The van der Waals surface area contributed by atoms with Gasteiger partial charge in [-0.25, -0.2) is 8.42 Å². The van der Waals surface area contributed by atoms with Crippen molar-refractivity contribution in [2.24, 2.45) is 5.92 Å². The van der Waals surface area contributed by atoms with Crippen LogP contribution < -0.4 is 14.8 Å². The first-order valence-electron chi connectivity index (χ1n) is 9.75. The van der Waals surface area contributed by atoms with E-state index < -0.39 is 21.7 Å². The lowest BCUT2D eigenvalue weighted by Crippen LogP contribution is -2.36. The van der Waals surface area contributed by atoms with Gasteiger partial charge in [0.25, 0.3) is 0 Å². The standard InChI is InChI=1S/C22H30N2O4S/c1-16(2)21(18-8-6-5-7-9-18)14-23-22(25)15-29(26,27)24-19-10-12-20(13-11-19)28-17(3)4/h5-13,16-17,21,24H,14-15H2,1-4H3,(H,23,25). The highest BCUT2D eigenvalue weighted by Gasteiger charge is 2.20. The number of carbonyl (C=O) groups excluding carboxylic acids is 1. The molecular formula is C22H30N2O4S. The van der Waals surface area contributed by atoms with E-state index in [1.54, 1.807) is 24.3 Å². The van der Waals surface area contributed by atoms with Gasteiger partial charge in [0.15, 0.2) is 0 Å². The molecule has 0 saturated heterocycles. The Morgan fingerprint density at radius 2 is 1.59 bits per heavy atom. The molecule has 0 spiro atoms. The van der Waals surface area contributed by atoms with Gasteiger partial charge < -0.3 is 10.1 Å². The second-order valence-electron chi connectivity index (χ2n) is 7.62. The maximum atomic E-state index is 12.3.